The van der Waals surface area contributed by atoms with Gasteiger partial charge in [0.1, 0.15) is 13.2 Å². The zero-order valence-electron chi connectivity index (χ0n) is 12.3. The van der Waals surface area contributed by atoms with Crippen molar-refractivity contribution in [3.05, 3.63) is 0 Å². The third-order valence-electron chi connectivity index (χ3n) is 3.41. The van der Waals surface area contributed by atoms with Crippen molar-refractivity contribution in [2.75, 3.05) is 33.4 Å². The van der Waals surface area contributed by atoms with Gasteiger partial charge in [0.25, 0.3) is 5.91 Å². The standard InChI is InChI=1S/C13H23N3O5/c1-16(10-4-2-3-5-10)7-6-14-13(20)15-11(17)8-21-9-12(18)19/h10H,2-9H2,1H3,(H,18,19)(H2,14,15,17,20). The number of ether oxygens (including phenoxy) is 1. The van der Waals surface area contributed by atoms with Gasteiger partial charge < -0.3 is 20.1 Å². The van der Waals surface area contributed by atoms with Crippen LogP contribution in [0.15, 0.2) is 0 Å². The smallest absolute Gasteiger partial charge is 0.329 e. The molecule has 8 heteroatoms. The van der Waals surface area contributed by atoms with Crippen molar-refractivity contribution in [3.8, 4) is 0 Å². The van der Waals surface area contributed by atoms with E-state index >= 15 is 0 Å². The van der Waals surface area contributed by atoms with Crippen molar-refractivity contribution >= 4 is 17.9 Å². The molecule has 0 atom stereocenters. The first kappa shape index (κ1) is 17.4. The highest BCUT2D eigenvalue weighted by Gasteiger charge is 2.19. The van der Waals surface area contributed by atoms with E-state index < -0.39 is 31.1 Å². The molecule has 0 aromatic rings. The minimum atomic E-state index is -1.16. The van der Waals surface area contributed by atoms with Gasteiger partial charge in [-0.15, -0.1) is 0 Å². The Morgan fingerprint density at radius 1 is 1.24 bits per heavy atom. The van der Waals surface area contributed by atoms with Crippen LogP contribution in [0.5, 0.6) is 0 Å². The zero-order valence-corrected chi connectivity index (χ0v) is 12.3. The van der Waals surface area contributed by atoms with Gasteiger partial charge >= 0.3 is 12.0 Å². The average molecular weight is 301 g/mol. The van der Waals surface area contributed by atoms with Crippen molar-refractivity contribution in [3.63, 3.8) is 0 Å². The zero-order chi connectivity index (χ0) is 15.7. The Kier molecular flexibility index (Phi) is 7.70. The van der Waals surface area contributed by atoms with E-state index in [2.05, 4.69) is 20.3 Å². The number of hydrogen-bond donors (Lipinski definition) is 3. The van der Waals surface area contributed by atoms with Crippen molar-refractivity contribution < 1.29 is 24.2 Å². The molecule has 0 aromatic heterocycles. The Hall–Kier alpha value is -1.67. The molecular weight excluding hydrogens is 278 g/mol. The fraction of sp³-hybridized carbons (Fsp3) is 0.769. The second kappa shape index (κ2) is 9.30. The number of nitrogens with one attached hydrogen (secondary N) is 2. The number of carbonyl (C=O) groups is 3. The molecular formula is C13H23N3O5. The molecule has 0 aliphatic heterocycles. The summed E-state index contributed by atoms with van der Waals surface area (Å²) in [7, 11) is 2.03. The number of carboxylic acid groups (broad SMARTS) is 1. The van der Waals surface area contributed by atoms with E-state index in [1.807, 2.05) is 7.05 Å². The maximum atomic E-state index is 11.4. The average Bonchev–Trinajstić information content (AvgIpc) is 2.91. The minimum absolute atomic E-state index is 0.447. The monoisotopic (exact) mass is 301 g/mol. The van der Waals surface area contributed by atoms with Gasteiger partial charge in [0.05, 0.1) is 0 Å². The van der Waals surface area contributed by atoms with E-state index in [0.717, 1.165) is 6.54 Å². The molecule has 0 saturated heterocycles. The Labute approximate surface area is 123 Å². The first-order valence-corrected chi connectivity index (χ1v) is 7.06. The van der Waals surface area contributed by atoms with Gasteiger partial charge in [-0.1, -0.05) is 12.8 Å². The quantitative estimate of drug-likeness (QED) is 0.572. The summed E-state index contributed by atoms with van der Waals surface area (Å²) in [5, 5.41) is 13.0. The molecule has 1 aliphatic carbocycles. The topological polar surface area (TPSA) is 108 Å². The molecule has 21 heavy (non-hydrogen) atoms. The second-order valence-corrected chi connectivity index (χ2v) is 5.11. The van der Waals surface area contributed by atoms with Crippen LogP contribution in [-0.4, -0.2) is 67.3 Å². The van der Waals surface area contributed by atoms with Gasteiger partial charge in [0.15, 0.2) is 0 Å². The summed E-state index contributed by atoms with van der Waals surface area (Å²) in [6.45, 7) is 0.146. The lowest BCUT2D eigenvalue weighted by atomic mass is 10.2. The van der Waals surface area contributed by atoms with Crippen molar-refractivity contribution in [1.82, 2.24) is 15.5 Å². The van der Waals surface area contributed by atoms with Gasteiger partial charge in [0, 0.05) is 19.1 Å². The maximum Gasteiger partial charge on any atom is 0.329 e. The van der Waals surface area contributed by atoms with Crippen LogP contribution in [-0.2, 0) is 14.3 Å². The van der Waals surface area contributed by atoms with E-state index in [1.165, 1.54) is 25.7 Å². The third-order valence-corrected chi connectivity index (χ3v) is 3.41. The van der Waals surface area contributed by atoms with E-state index in [-0.39, 0.29) is 0 Å². The lowest BCUT2D eigenvalue weighted by molar-refractivity contribution is -0.143. The molecule has 120 valence electrons. The molecule has 1 aliphatic rings. The van der Waals surface area contributed by atoms with Crippen LogP contribution >= 0.6 is 0 Å². The second-order valence-electron chi connectivity index (χ2n) is 5.11. The largest absolute Gasteiger partial charge is 0.480 e. The van der Waals surface area contributed by atoms with Crippen LogP contribution in [0.25, 0.3) is 0 Å². The summed E-state index contributed by atoms with van der Waals surface area (Å²) in [5.41, 5.74) is 0. The van der Waals surface area contributed by atoms with Crippen molar-refractivity contribution in [2.45, 2.75) is 31.7 Å². The van der Waals surface area contributed by atoms with Crippen molar-refractivity contribution in [2.24, 2.45) is 0 Å². The number of hydrogen-bond acceptors (Lipinski definition) is 5. The number of rotatable bonds is 8. The molecule has 1 fully saturated rings. The van der Waals surface area contributed by atoms with E-state index in [0.29, 0.717) is 12.6 Å². The molecule has 0 aromatic carbocycles. The highest BCUT2D eigenvalue weighted by molar-refractivity contribution is 5.94. The van der Waals surface area contributed by atoms with Gasteiger partial charge in [-0.25, -0.2) is 9.59 Å². The molecule has 0 spiro atoms. The number of carbonyl (C=O) groups excluding carboxylic acids is 2. The number of carboxylic acids is 1. The highest BCUT2D eigenvalue weighted by Crippen LogP contribution is 2.21. The minimum Gasteiger partial charge on any atom is -0.480 e. The first-order chi connectivity index (χ1) is 9.99. The van der Waals surface area contributed by atoms with Gasteiger partial charge in [-0.2, -0.15) is 0 Å². The molecule has 0 unspecified atom stereocenters. The fourth-order valence-corrected chi connectivity index (χ4v) is 2.31. The van der Waals surface area contributed by atoms with E-state index in [1.54, 1.807) is 0 Å². The van der Waals surface area contributed by atoms with Gasteiger partial charge in [-0.3, -0.25) is 10.1 Å². The highest BCUT2D eigenvalue weighted by atomic mass is 16.5. The number of aliphatic carboxylic acids is 1. The van der Waals surface area contributed by atoms with Gasteiger partial charge in [0.2, 0.25) is 0 Å². The van der Waals surface area contributed by atoms with Gasteiger partial charge in [-0.05, 0) is 19.9 Å². The van der Waals surface area contributed by atoms with Crippen LogP contribution in [0.1, 0.15) is 25.7 Å². The molecule has 3 amide bonds. The Bertz CT molecular complexity index is 369. The lowest BCUT2D eigenvalue weighted by Crippen LogP contribution is -2.44. The predicted molar refractivity (Wildman–Crippen MR) is 74.9 cm³/mol. The summed E-state index contributed by atoms with van der Waals surface area (Å²) in [4.78, 5) is 35.1. The summed E-state index contributed by atoms with van der Waals surface area (Å²) in [6.07, 6.45) is 4.91. The molecule has 0 heterocycles. The van der Waals surface area contributed by atoms with Crippen LogP contribution in [0.4, 0.5) is 4.79 Å². The number of likely N-dealkylation sites (N-methyl/N-ethyl adjacent to an activating group) is 1. The Morgan fingerprint density at radius 3 is 2.52 bits per heavy atom. The molecule has 8 nitrogen and oxygen atoms in total. The first-order valence-electron chi connectivity index (χ1n) is 7.06. The van der Waals surface area contributed by atoms with Crippen LogP contribution in [0.3, 0.4) is 0 Å². The predicted octanol–water partition coefficient (Wildman–Crippen LogP) is -0.212. The number of amides is 3. The van der Waals surface area contributed by atoms with Crippen LogP contribution in [0.2, 0.25) is 0 Å². The maximum absolute atomic E-state index is 11.4. The lowest BCUT2D eigenvalue weighted by Gasteiger charge is -2.23. The van der Waals surface area contributed by atoms with E-state index in [4.69, 9.17) is 5.11 Å². The number of imide groups is 1. The summed E-state index contributed by atoms with van der Waals surface area (Å²) in [5.74, 6) is -1.83. The molecule has 0 radical (unpaired) electrons. The van der Waals surface area contributed by atoms with Crippen molar-refractivity contribution in [1.29, 1.82) is 0 Å². The van der Waals surface area contributed by atoms with Crippen LogP contribution in [0, 0.1) is 0 Å². The van der Waals surface area contributed by atoms with Crippen LogP contribution < -0.4 is 10.6 Å². The number of urea groups is 1. The molecule has 3 N–H and O–H groups in total. The normalized spacial score (nSPS) is 15.1. The fourth-order valence-electron chi connectivity index (χ4n) is 2.31. The number of nitrogens with zero attached hydrogens (tertiary/aromatic N) is 1. The third kappa shape index (κ3) is 7.62. The van der Waals surface area contributed by atoms with E-state index in [9.17, 15) is 14.4 Å². The Balaban J connectivity index is 2.07. The summed E-state index contributed by atoms with van der Waals surface area (Å²) in [6, 6.07) is -0.0142. The molecule has 1 rings (SSSR count). The molecule has 0 bridgehead atoms. The molecule has 1 saturated carbocycles. The summed E-state index contributed by atoms with van der Waals surface area (Å²) < 4.78 is 4.57. The Morgan fingerprint density at radius 2 is 1.90 bits per heavy atom. The SMILES string of the molecule is CN(CCNC(=O)NC(=O)COCC(=O)O)C1CCCC1. The summed E-state index contributed by atoms with van der Waals surface area (Å²) >= 11 is 0.